The highest BCUT2D eigenvalue weighted by molar-refractivity contribution is 5.83. The Bertz CT molecular complexity index is 363. The number of aromatic nitrogens is 3. The summed E-state index contributed by atoms with van der Waals surface area (Å²) in [5, 5.41) is 3.91. The van der Waals surface area contributed by atoms with E-state index in [1.807, 2.05) is 0 Å². The van der Waals surface area contributed by atoms with Crippen LogP contribution in [0.5, 0.6) is 0 Å². The van der Waals surface area contributed by atoms with E-state index in [1.165, 1.54) is 6.33 Å². The number of aryl methyl sites for hydroxylation is 1. The standard InChI is InChI=1S/C9H14N4O2/c1-13-9(11-5-12-13)2-8(14)6-3-15-4-7(6)10/h5-7H,2-4,10H2,1H3. The SMILES string of the molecule is Cn1ncnc1CC(=O)C1COCC1N. The Balaban J connectivity index is 2.01. The van der Waals surface area contributed by atoms with Crippen LogP contribution < -0.4 is 5.73 Å². The van der Waals surface area contributed by atoms with Crippen molar-refractivity contribution in [3.05, 3.63) is 12.2 Å². The van der Waals surface area contributed by atoms with Crippen molar-refractivity contribution >= 4 is 5.78 Å². The maximum atomic E-state index is 11.8. The van der Waals surface area contributed by atoms with Gasteiger partial charge in [-0.05, 0) is 0 Å². The van der Waals surface area contributed by atoms with Gasteiger partial charge in [0.2, 0.25) is 0 Å². The van der Waals surface area contributed by atoms with Gasteiger partial charge in [-0.2, -0.15) is 5.10 Å². The molecule has 1 saturated heterocycles. The lowest BCUT2D eigenvalue weighted by atomic mass is 9.97. The van der Waals surface area contributed by atoms with Crippen LogP contribution in [0.15, 0.2) is 6.33 Å². The van der Waals surface area contributed by atoms with Gasteiger partial charge in [0, 0.05) is 13.1 Å². The molecule has 0 spiro atoms. The van der Waals surface area contributed by atoms with E-state index in [1.54, 1.807) is 11.7 Å². The van der Waals surface area contributed by atoms with Gasteiger partial charge in [-0.15, -0.1) is 0 Å². The molecule has 0 aromatic carbocycles. The van der Waals surface area contributed by atoms with Crippen LogP contribution in [-0.2, 0) is 23.0 Å². The summed E-state index contributed by atoms with van der Waals surface area (Å²) in [5.41, 5.74) is 5.76. The number of ketones is 1. The van der Waals surface area contributed by atoms with Gasteiger partial charge in [-0.25, -0.2) is 4.98 Å². The molecule has 1 aromatic heterocycles. The van der Waals surface area contributed by atoms with Gasteiger partial charge >= 0.3 is 0 Å². The van der Waals surface area contributed by atoms with Crippen LogP contribution in [0.3, 0.4) is 0 Å². The summed E-state index contributed by atoms with van der Waals surface area (Å²) in [6.45, 7) is 0.896. The lowest BCUT2D eigenvalue weighted by Crippen LogP contribution is -2.35. The third-order valence-corrected chi connectivity index (χ3v) is 2.68. The monoisotopic (exact) mass is 210 g/mol. The molecule has 1 aliphatic heterocycles. The van der Waals surface area contributed by atoms with Crippen LogP contribution in [-0.4, -0.2) is 39.8 Å². The average molecular weight is 210 g/mol. The number of hydrogen-bond acceptors (Lipinski definition) is 5. The van der Waals surface area contributed by atoms with Gasteiger partial charge in [0.05, 0.1) is 25.6 Å². The summed E-state index contributed by atoms with van der Waals surface area (Å²) in [4.78, 5) is 15.8. The van der Waals surface area contributed by atoms with E-state index in [4.69, 9.17) is 10.5 Å². The molecule has 1 fully saturated rings. The number of rotatable bonds is 3. The first kappa shape index (κ1) is 10.3. The molecule has 0 bridgehead atoms. The van der Waals surface area contributed by atoms with E-state index in [9.17, 15) is 4.79 Å². The molecule has 15 heavy (non-hydrogen) atoms. The van der Waals surface area contributed by atoms with Crippen LogP contribution in [0.2, 0.25) is 0 Å². The number of ether oxygens (including phenoxy) is 1. The number of nitrogens with zero attached hydrogens (tertiary/aromatic N) is 3. The Hall–Kier alpha value is -1.27. The first-order valence-corrected chi connectivity index (χ1v) is 4.87. The molecule has 2 unspecified atom stereocenters. The smallest absolute Gasteiger partial charge is 0.147 e. The highest BCUT2D eigenvalue weighted by atomic mass is 16.5. The van der Waals surface area contributed by atoms with Gasteiger partial charge in [-0.3, -0.25) is 9.48 Å². The van der Waals surface area contributed by atoms with Crippen molar-refractivity contribution in [2.75, 3.05) is 13.2 Å². The topological polar surface area (TPSA) is 83.0 Å². The van der Waals surface area contributed by atoms with E-state index < -0.39 is 0 Å². The summed E-state index contributed by atoms with van der Waals surface area (Å²) in [7, 11) is 1.76. The van der Waals surface area contributed by atoms with E-state index in [0.29, 0.717) is 19.0 Å². The van der Waals surface area contributed by atoms with E-state index in [2.05, 4.69) is 10.1 Å². The van der Waals surface area contributed by atoms with Crippen molar-refractivity contribution in [1.29, 1.82) is 0 Å². The van der Waals surface area contributed by atoms with Gasteiger partial charge in [0.25, 0.3) is 0 Å². The zero-order valence-electron chi connectivity index (χ0n) is 8.59. The summed E-state index contributed by atoms with van der Waals surface area (Å²) in [5.74, 6) is 0.553. The number of carbonyl (C=O) groups excluding carboxylic acids is 1. The largest absolute Gasteiger partial charge is 0.379 e. The zero-order valence-corrected chi connectivity index (χ0v) is 8.59. The molecule has 0 aliphatic carbocycles. The molecule has 2 atom stereocenters. The van der Waals surface area contributed by atoms with Crippen LogP contribution in [0.1, 0.15) is 5.82 Å². The van der Waals surface area contributed by atoms with Crippen molar-refractivity contribution in [2.45, 2.75) is 12.5 Å². The Morgan fingerprint density at radius 3 is 3.07 bits per heavy atom. The van der Waals surface area contributed by atoms with Crippen molar-refractivity contribution in [1.82, 2.24) is 14.8 Å². The van der Waals surface area contributed by atoms with Crippen LogP contribution in [0.4, 0.5) is 0 Å². The normalized spacial score (nSPS) is 25.7. The maximum absolute atomic E-state index is 11.8. The molecular formula is C9H14N4O2. The molecule has 2 rings (SSSR count). The molecule has 1 aliphatic rings. The second-order valence-corrected chi connectivity index (χ2v) is 3.75. The minimum absolute atomic E-state index is 0.0797. The number of hydrogen-bond donors (Lipinski definition) is 1. The average Bonchev–Trinajstić information content (AvgIpc) is 2.76. The van der Waals surface area contributed by atoms with Crippen molar-refractivity contribution in [3.8, 4) is 0 Å². The second-order valence-electron chi connectivity index (χ2n) is 3.75. The lowest BCUT2D eigenvalue weighted by Gasteiger charge is -2.10. The number of nitrogens with two attached hydrogens (primary N) is 1. The van der Waals surface area contributed by atoms with Crippen LogP contribution in [0, 0.1) is 5.92 Å². The fourth-order valence-electron chi connectivity index (χ4n) is 1.67. The predicted molar refractivity (Wildman–Crippen MR) is 52.0 cm³/mol. The molecule has 0 amide bonds. The predicted octanol–water partition coefficient (Wildman–Crippen LogP) is -1.10. The number of Topliss-reactive ketones (excluding diaryl/α,β-unsaturated/α-hetero) is 1. The van der Waals surface area contributed by atoms with Crippen molar-refractivity contribution in [2.24, 2.45) is 18.7 Å². The molecule has 0 radical (unpaired) electrons. The lowest BCUT2D eigenvalue weighted by molar-refractivity contribution is -0.122. The fourth-order valence-corrected chi connectivity index (χ4v) is 1.67. The van der Waals surface area contributed by atoms with Crippen LogP contribution >= 0.6 is 0 Å². The first-order chi connectivity index (χ1) is 7.18. The highest BCUT2D eigenvalue weighted by Crippen LogP contribution is 2.14. The summed E-state index contributed by atoms with van der Waals surface area (Å²) < 4.78 is 6.75. The summed E-state index contributed by atoms with van der Waals surface area (Å²) >= 11 is 0. The number of carbonyl (C=O) groups is 1. The molecule has 2 N–H and O–H groups in total. The first-order valence-electron chi connectivity index (χ1n) is 4.87. The van der Waals surface area contributed by atoms with Gasteiger partial charge < -0.3 is 10.5 Å². The maximum Gasteiger partial charge on any atom is 0.147 e. The Labute approximate surface area is 87.4 Å². The molecular weight excluding hydrogens is 196 g/mol. The molecule has 2 heterocycles. The highest BCUT2D eigenvalue weighted by Gasteiger charge is 2.31. The molecule has 6 heteroatoms. The van der Waals surface area contributed by atoms with Gasteiger partial charge in [0.15, 0.2) is 0 Å². The molecule has 82 valence electrons. The van der Waals surface area contributed by atoms with E-state index in [-0.39, 0.29) is 24.2 Å². The Morgan fingerprint density at radius 1 is 1.73 bits per heavy atom. The molecule has 6 nitrogen and oxygen atoms in total. The van der Waals surface area contributed by atoms with Crippen molar-refractivity contribution < 1.29 is 9.53 Å². The van der Waals surface area contributed by atoms with Crippen molar-refractivity contribution in [3.63, 3.8) is 0 Å². The van der Waals surface area contributed by atoms with E-state index in [0.717, 1.165) is 0 Å². The molecule has 1 aromatic rings. The van der Waals surface area contributed by atoms with Gasteiger partial charge in [0.1, 0.15) is 17.9 Å². The molecule has 0 saturated carbocycles. The second kappa shape index (κ2) is 4.08. The quantitative estimate of drug-likeness (QED) is 0.684. The fraction of sp³-hybridized carbons (Fsp3) is 0.667. The third kappa shape index (κ3) is 2.05. The Morgan fingerprint density at radius 2 is 2.53 bits per heavy atom. The summed E-state index contributed by atoms with van der Waals surface area (Å²) in [6, 6.07) is -0.175. The van der Waals surface area contributed by atoms with Gasteiger partial charge in [-0.1, -0.05) is 0 Å². The van der Waals surface area contributed by atoms with Crippen LogP contribution in [0.25, 0.3) is 0 Å². The minimum Gasteiger partial charge on any atom is -0.379 e. The summed E-state index contributed by atoms with van der Waals surface area (Å²) in [6.07, 6.45) is 1.71. The zero-order chi connectivity index (χ0) is 10.8. The Kier molecular flexibility index (Phi) is 2.79. The minimum atomic E-state index is -0.193. The third-order valence-electron chi connectivity index (χ3n) is 2.68. The van der Waals surface area contributed by atoms with E-state index >= 15 is 0 Å².